The van der Waals surface area contributed by atoms with E-state index in [1.807, 2.05) is 30.0 Å². The van der Waals surface area contributed by atoms with Gasteiger partial charge < -0.3 is 0 Å². The van der Waals surface area contributed by atoms with Gasteiger partial charge in [0.1, 0.15) is 0 Å². The van der Waals surface area contributed by atoms with Crippen LogP contribution in [0.15, 0.2) is 36.4 Å². The molecule has 0 spiro atoms. The van der Waals surface area contributed by atoms with Gasteiger partial charge in [-0.1, -0.05) is 24.3 Å². The normalized spacial score (nSPS) is 10.7. The summed E-state index contributed by atoms with van der Waals surface area (Å²) in [6, 6.07) is 12.4. The number of thioether (sulfide) groups is 1. The van der Waals surface area contributed by atoms with Gasteiger partial charge in [-0.3, -0.25) is 4.98 Å². The van der Waals surface area contributed by atoms with E-state index in [-0.39, 0.29) is 0 Å². The Morgan fingerprint density at radius 2 is 2.00 bits per heavy atom. The molecule has 0 saturated carbocycles. The molecule has 0 radical (unpaired) electrons. The Morgan fingerprint density at radius 1 is 1.13 bits per heavy atom. The van der Waals surface area contributed by atoms with Gasteiger partial charge in [-0.25, -0.2) is 0 Å². The maximum Gasteiger partial charge on any atom is 0.0705 e. The first kappa shape index (κ1) is 10.8. The van der Waals surface area contributed by atoms with Crippen molar-refractivity contribution in [1.82, 2.24) is 4.98 Å². The number of alkyl halides is 1. The predicted octanol–water partition coefficient (Wildman–Crippen LogP) is 3.71. The number of hydrogen-bond donors (Lipinski definition) is 0. The number of halogens is 1. The maximum atomic E-state index is 5.62. The Morgan fingerprint density at radius 3 is 2.87 bits per heavy atom. The van der Waals surface area contributed by atoms with Gasteiger partial charge in [0.2, 0.25) is 0 Å². The highest BCUT2D eigenvalue weighted by atomic mass is 35.5. The first-order valence-electron chi connectivity index (χ1n) is 4.88. The third kappa shape index (κ3) is 2.86. The maximum absolute atomic E-state index is 5.62. The van der Waals surface area contributed by atoms with E-state index in [1.54, 1.807) is 0 Å². The van der Waals surface area contributed by atoms with E-state index < -0.39 is 0 Å². The van der Waals surface area contributed by atoms with Gasteiger partial charge in [-0.15, -0.1) is 11.6 Å². The van der Waals surface area contributed by atoms with Crippen molar-refractivity contribution in [2.75, 3.05) is 11.6 Å². The van der Waals surface area contributed by atoms with E-state index in [0.717, 1.165) is 22.7 Å². The second kappa shape index (κ2) is 5.38. The lowest BCUT2D eigenvalue weighted by Gasteiger charge is -2.01. The van der Waals surface area contributed by atoms with Crippen LogP contribution in [-0.4, -0.2) is 16.6 Å². The van der Waals surface area contributed by atoms with Crippen LogP contribution in [0, 0.1) is 0 Å². The molecule has 0 aliphatic rings. The van der Waals surface area contributed by atoms with Crippen LogP contribution in [0.4, 0.5) is 0 Å². The fraction of sp³-hybridized carbons (Fsp3) is 0.250. The summed E-state index contributed by atoms with van der Waals surface area (Å²) in [6.07, 6.45) is 0. The van der Waals surface area contributed by atoms with Crippen LogP contribution < -0.4 is 0 Å². The van der Waals surface area contributed by atoms with Crippen molar-refractivity contribution in [2.24, 2.45) is 0 Å². The molecule has 0 atom stereocenters. The molecule has 1 heterocycles. The molecule has 1 aromatic carbocycles. The number of para-hydroxylation sites is 1. The Bertz CT molecular complexity index is 444. The number of nitrogens with zero attached hydrogens (tertiary/aromatic N) is 1. The SMILES string of the molecule is ClCCSCc1ccc2ccccc2n1. The molecular weight excluding hydrogens is 226 g/mol. The molecule has 0 unspecified atom stereocenters. The molecular formula is C12H12ClNS. The predicted molar refractivity (Wildman–Crippen MR) is 68.6 cm³/mol. The molecule has 0 aliphatic carbocycles. The van der Waals surface area contributed by atoms with Crippen molar-refractivity contribution < 1.29 is 0 Å². The molecule has 0 amide bonds. The third-order valence-electron chi connectivity index (χ3n) is 2.13. The molecule has 2 aromatic rings. The topological polar surface area (TPSA) is 12.9 Å². The molecule has 0 fully saturated rings. The number of fused-ring (bicyclic) bond motifs is 1. The zero-order chi connectivity index (χ0) is 10.5. The highest BCUT2D eigenvalue weighted by Gasteiger charge is 1.97. The minimum atomic E-state index is 0.707. The lowest BCUT2D eigenvalue weighted by atomic mass is 10.2. The fourth-order valence-corrected chi connectivity index (χ4v) is 2.37. The molecule has 15 heavy (non-hydrogen) atoms. The number of hydrogen-bond acceptors (Lipinski definition) is 2. The van der Waals surface area contributed by atoms with Gasteiger partial charge in [0.25, 0.3) is 0 Å². The highest BCUT2D eigenvalue weighted by Crippen LogP contribution is 2.15. The van der Waals surface area contributed by atoms with Crippen LogP contribution in [-0.2, 0) is 5.75 Å². The molecule has 1 aromatic heterocycles. The van der Waals surface area contributed by atoms with Gasteiger partial charge >= 0.3 is 0 Å². The standard InChI is InChI=1S/C12H12ClNS/c13-7-8-15-9-11-6-5-10-3-1-2-4-12(10)14-11/h1-6H,7-9H2. The fourth-order valence-electron chi connectivity index (χ4n) is 1.42. The molecule has 0 N–H and O–H groups in total. The number of aromatic nitrogens is 1. The Labute approximate surface area is 98.9 Å². The third-order valence-corrected chi connectivity index (χ3v) is 3.53. The van der Waals surface area contributed by atoms with Crippen molar-refractivity contribution in [3.63, 3.8) is 0 Å². The van der Waals surface area contributed by atoms with Crippen molar-refractivity contribution in [3.8, 4) is 0 Å². The summed E-state index contributed by atoms with van der Waals surface area (Å²) >= 11 is 7.44. The van der Waals surface area contributed by atoms with Crippen molar-refractivity contribution in [2.45, 2.75) is 5.75 Å². The average Bonchev–Trinajstić information content (AvgIpc) is 2.29. The molecule has 78 valence electrons. The Balaban J connectivity index is 2.16. The first-order valence-corrected chi connectivity index (χ1v) is 6.57. The minimum absolute atomic E-state index is 0.707. The van der Waals surface area contributed by atoms with Gasteiger partial charge in [-0.05, 0) is 12.1 Å². The van der Waals surface area contributed by atoms with Crippen molar-refractivity contribution in [3.05, 3.63) is 42.1 Å². The molecule has 3 heteroatoms. The van der Waals surface area contributed by atoms with Crippen LogP contribution in [0.5, 0.6) is 0 Å². The van der Waals surface area contributed by atoms with Gasteiger partial charge in [-0.2, -0.15) is 11.8 Å². The lowest BCUT2D eigenvalue weighted by Crippen LogP contribution is -1.89. The summed E-state index contributed by atoms with van der Waals surface area (Å²) < 4.78 is 0. The Hall–Kier alpha value is -0.730. The molecule has 1 nitrogen and oxygen atoms in total. The number of rotatable bonds is 4. The van der Waals surface area contributed by atoms with E-state index in [2.05, 4.69) is 23.2 Å². The van der Waals surface area contributed by atoms with Crippen molar-refractivity contribution in [1.29, 1.82) is 0 Å². The zero-order valence-corrected chi connectivity index (χ0v) is 9.89. The lowest BCUT2D eigenvalue weighted by molar-refractivity contribution is 1.22. The molecule has 2 rings (SSSR count). The average molecular weight is 238 g/mol. The van der Waals surface area contributed by atoms with Gasteiger partial charge in [0.15, 0.2) is 0 Å². The summed E-state index contributed by atoms with van der Waals surface area (Å²) in [7, 11) is 0. The zero-order valence-electron chi connectivity index (χ0n) is 8.32. The summed E-state index contributed by atoms with van der Waals surface area (Å²) in [5, 5.41) is 1.20. The van der Waals surface area contributed by atoms with Crippen LogP contribution in [0.1, 0.15) is 5.69 Å². The van der Waals surface area contributed by atoms with E-state index in [1.165, 1.54) is 5.39 Å². The largest absolute Gasteiger partial charge is 0.252 e. The van der Waals surface area contributed by atoms with Crippen LogP contribution >= 0.6 is 23.4 Å². The quantitative estimate of drug-likeness (QED) is 0.594. The van der Waals surface area contributed by atoms with E-state index in [4.69, 9.17) is 11.6 Å². The summed E-state index contributed by atoms with van der Waals surface area (Å²) in [5.41, 5.74) is 2.20. The van der Waals surface area contributed by atoms with Crippen LogP contribution in [0.25, 0.3) is 10.9 Å². The Kier molecular flexibility index (Phi) is 3.87. The van der Waals surface area contributed by atoms with Gasteiger partial charge in [0.05, 0.1) is 11.2 Å². The van der Waals surface area contributed by atoms with E-state index >= 15 is 0 Å². The van der Waals surface area contributed by atoms with Crippen molar-refractivity contribution >= 4 is 34.3 Å². The summed E-state index contributed by atoms with van der Waals surface area (Å²) in [4.78, 5) is 4.58. The summed E-state index contributed by atoms with van der Waals surface area (Å²) in [5.74, 6) is 2.63. The van der Waals surface area contributed by atoms with E-state index in [9.17, 15) is 0 Å². The number of pyridine rings is 1. The first-order chi connectivity index (χ1) is 7.40. The highest BCUT2D eigenvalue weighted by molar-refractivity contribution is 7.98. The minimum Gasteiger partial charge on any atom is -0.252 e. The second-order valence-electron chi connectivity index (χ2n) is 3.24. The molecule has 0 bridgehead atoms. The molecule has 0 saturated heterocycles. The summed E-state index contributed by atoms with van der Waals surface area (Å²) in [6.45, 7) is 0. The smallest absolute Gasteiger partial charge is 0.0705 e. The molecule has 0 aliphatic heterocycles. The van der Waals surface area contributed by atoms with E-state index in [0.29, 0.717) is 5.88 Å². The number of benzene rings is 1. The van der Waals surface area contributed by atoms with Gasteiger partial charge in [0, 0.05) is 22.8 Å². The van der Waals surface area contributed by atoms with Crippen LogP contribution in [0.2, 0.25) is 0 Å². The second-order valence-corrected chi connectivity index (χ2v) is 4.72. The van der Waals surface area contributed by atoms with Crippen LogP contribution in [0.3, 0.4) is 0 Å². The monoisotopic (exact) mass is 237 g/mol.